The smallest absolute Gasteiger partial charge is 0.261 e. The van der Waals surface area contributed by atoms with E-state index in [9.17, 15) is 8.42 Å². The van der Waals surface area contributed by atoms with E-state index in [0.717, 1.165) is 0 Å². The van der Waals surface area contributed by atoms with Gasteiger partial charge in [-0.3, -0.25) is 4.55 Å². The summed E-state index contributed by atoms with van der Waals surface area (Å²) in [5, 5.41) is 0. The predicted molar refractivity (Wildman–Crippen MR) is 27.4 cm³/mol. The van der Waals surface area contributed by atoms with Crippen LogP contribution in [-0.2, 0) is 10.1 Å². The molecule has 0 atom stereocenters. The normalized spacial score (nSPS) is 8.57. The Kier molecular flexibility index (Phi) is 5.06. The minimum Gasteiger partial charge on any atom is -0.286 e. The van der Waals surface area contributed by atoms with Crippen molar-refractivity contribution < 1.29 is 13.0 Å². The lowest BCUT2D eigenvalue weighted by Crippen LogP contribution is -1.88. The fourth-order valence-corrected chi connectivity index (χ4v) is 0. The molecule has 0 aromatic heterocycles. The topological polar surface area (TPSA) is 54.4 Å². The van der Waals surface area contributed by atoms with Crippen LogP contribution in [0.5, 0.6) is 0 Å². The molecular formula is C3H6O3S. The summed E-state index contributed by atoms with van der Waals surface area (Å²) in [6, 6.07) is 0. The van der Waals surface area contributed by atoms with E-state index in [0.29, 0.717) is 6.26 Å². The monoisotopic (exact) mass is 122 g/mol. The highest BCUT2D eigenvalue weighted by atomic mass is 32.2. The van der Waals surface area contributed by atoms with Gasteiger partial charge in [-0.05, 0) is 0 Å². The van der Waals surface area contributed by atoms with Gasteiger partial charge in [-0.15, -0.1) is 12.8 Å². The molecule has 7 heavy (non-hydrogen) atoms. The van der Waals surface area contributed by atoms with Crippen LogP contribution in [0.25, 0.3) is 0 Å². The lowest BCUT2D eigenvalue weighted by Gasteiger charge is -1.69. The molecule has 42 valence electrons. The Hall–Kier alpha value is -0.530. The van der Waals surface area contributed by atoms with Crippen LogP contribution in [0, 0.1) is 12.8 Å². The third-order valence-corrected chi connectivity index (χ3v) is 0. The highest BCUT2D eigenvalue weighted by Gasteiger charge is 1.81. The lowest BCUT2D eigenvalue weighted by molar-refractivity contribution is 0.490. The first kappa shape index (κ1) is 9.69. The van der Waals surface area contributed by atoms with Crippen LogP contribution in [0.1, 0.15) is 0 Å². The molecule has 0 aromatic rings. The fourth-order valence-electron chi connectivity index (χ4n) is 0. The summed E-state index contributed by atoms with van der Waals surface area (Å²) >= 11 is 0. The Labute approximate surface area is 43.1 Å². The van der Waals surface area contributed by atoms with Crippen molar-refractivity contribution in [3.05, 3.63) is 0 Å². The molecule has 0 amide bonds. The van der Waals surface area contributed by atoms with Crippen LogP contribution in [-0.4, -0.2) is 19.2 Å². The average molecular weight is 122 g/mol. The van der Waals surface area contributed by atoms with Gasteiger partial charge in [-0.1, -0.05) is 0 Å². The third kappa shape index (κ3) is 234. The third-order valence-electron chi connectivity index (χ3n) is 0. The van der Waals surface area contributed by atoms with E-state index in [1.165, 1.54) is 0 Å². The molecular weight excluding hydrogens is 116 g/mol. The molecule has 0 fully saturated rings. The Morgan fingerprint density at radius 2 is 1.43 bits per heavy atom. The first-order valence-electron chi connectivity index (χ1n) is 1.26. The zero-order valence-corrected chi connectivity index (χ0v) is 4.64. The number of terminal acetylenes is 1. The highest BCUT2D eigenvalue weighted by molar-refractivity contribution is 7.85. The molecule has 0 aliphatic rings. The van der Waals surface area contributed by atoms with E-state index < -0.39 is 10.1 Å². The van der Waals surface area contributed by atoms with Crippen molar-refractivity contribution in [1.82, 2.24) is 0 Å². The maximum Gasteiger partial charge on any atom is 0.261 e. The first-order chi connectivity index (χ1) is 3.00. The van der Waals surface area contributed by atoms with Gasteiger partial charge >= 0.3 is 0 Å². The summed E-state index contributed by atoms with van der Waals surface area (Å²) in [5.41, 5.74) is 0. The molecule has 0 bridgehead atoms. The number of rotatable bonds is 0. The predicted octanol–water partition coefficient (Wildman–Crippen LogP) is -0.247. The van der Waals surface area contributed by atoms with Gasteiger partial charge in [-0.2, -0.15) is 8.42 Å². The van der Waals surface area contributed by atoms with Crippen LogP contribution >= 0.6 is 0 Å². The van der Waals surface area contributed by atoms with Crippen molar-refractivity contribution >= 4 is 10.1 Å². The van der Waals surface area contributed by atoms with E-state index >= 15 is 0 Å². The van der Waals surface area contributed by atoms with Crippen molar-refractivity contribution in [2.75, 3.05) is 6.26 Å². The molecule has 4 heteroatoms. The van der Waals surface area contributed by atoms with E-state index in [1.54, 1.807) is 0 Å². The minimum atomic E-state index is -3.67. The second-order valence-electron chi connectivity index (χ2n) is 0.733. The molecule has 0 radical (unpaired) electrons. The molecule has 0 aromatic carbocycles. The molecule has 0 aliphatic heterocycles. The van der Waals surface area contributed by atoms with Gasteiger partial charge in [0.15, 0.2) is 0 Å². The molecule has 0 unspecified atom stereocenters. The standard InChI is InChI=1S/C2H2.CH4O3S/c1-2;1-5(2,3)4/h1-2H;1H3,(H,2,3,4). The quantitative estimate of drug-likeness (QED) is 0.356. The summed E-state index contributed by atoms with van der Waals surface area (Å²) in [7, 11) is -3.67. The van der Waals surface area contributed by atoms with Crippen molar-refractivity contribution in [2.24, 2.45) is 0 Å². The second kappa shape index (κ2) is 3.65. The van der Waals surface area contributed by atoms with Crippen LogP contribution in [0.3, 0.4) is 0 Å². The van der Waals surface area contributed by atoms with Gasteiger partial charge in [0.25, 0.3) is 10.1 Å². The molecule has 0 spiro atoms. The van der Waals surface area contributed by atoms with Gasteiger partial charge < -0.3 is 0 Å². The maximum atomic E-state index is 9.19. The Morgan fingerprint density at radius 1 is 1.43 bits per heavy atom. The maximum absolute atomic E-state index is 9.19. The van der Waals surface area contributed by atoms with E-state index in [-0.39, 0.29) is 0 Å². The van der Waals surface area contributed by atoms with E-state index in [2.05, 4.69) is 12.8 Å². The van der Waals surface area contributed by atoms with Crippen molar-refractivity contribution in [2.45, 2.75) is 0 Å². The zero-order valence-electron chi connectivity index (χ0n) is 3.83. The van der Waals surface area contributed by atoms with Gasteiger partial charge in [0.1, 0.15) is 0 Å². The Morgan fingerprint density at radius 3 is 1.43 bits per heavy atom. The minimum absolute atomic E-state index is 0.715. The number of hydrogen-bond acceptors (Lipinski definition) is 2. The van der Waals surface area contributed by atoms with Gasteiger partial charge in [0, 0.05) is 0 Å². The second-order valence-corrected chi connectivity index (χ2v) is 2.20. The van der Waals surface area contributed by atoms with E-state index in [1.807, 2.05) is 0 Å². The van der Waals surface area contributed by atoms with Crippen molar-refractivity contribution in [3.8, 4) is 12.8 Å². The summed E-state index contributed by atoms with van der Waals surface area (Å²) < 4.78 is 25.9. The molecule has 3 nitrogen and oxygen atoms in total. The number of hydrogen-bond donors (Lipinski definition) is 1. The molecule has 1 N–H and O–H groups in total. The fraction of sp³-hybridized carbons (Fsp3) is 0.333. The zero-order chi connectivity index (χ0) is 6.50. The van der Waals surface area contributed by atoms with Gasteiger partial charge in [0.05, 0.1) is 6.26 Å². The summed E-state index contributed by atoms with van der Waals surface area (Å²) in [5.74, 6) is 0. The van der Waals surface area contributed by atoms with E-state index in [4.69, 9.17) is 4.55 Å². The molecule has 0 heterocycles. The van der Waals surface area contributed by atoms with Crippen LogP contribution < -0.4 is 0 Å². The SMILES string of the molecule is C#C.CS(=O)(=O)O. The lowest BCUT2D eigenvalue weighted by atomic mass is 11.4. The molecule has 0 saturated carbocycles. The Bertz CT molecular complexity index is 122. The van der Waals surface area contributed by atoms with Crippen LogP contribution in [0.15, 0.2) is 0 Å². The van der Waals surface area contributed by atoms with Crippen LogP contribution in [0.2, 0.25) is 0 Å². The van der Waals surface area contributed by atoms with Crippen LogP contribution in [0.4, 0.5) is 0 Å². The summed E-state index contributed by atoms with van der Waals surface area (Å²) in [6.45, 7) is 0. The van der Waals surface area contributed by atoms with Crippen molar-refractivity contribution in [3.63, 3.8) is 0 Å². The molecule has 0 rings (SSSR count). The molecule has 0 aliphatic carbocycles. The average Bonchev–Trinajstić information content (AvgIpc) is 1.36. The van der Waals surface area contributed by atoms with Crippen molar-refractivity contribution in [1.29, 1.82) is 0 Å². The van der Waals surface area contributed by atoms with Gasteiger partial charge in [0.2, 0.25) is 0 Å². The van der Waals surface area contributed by atoms with Gasteiger partial charge in [-0.25, -0.2) is 0 Å². The summed E-state index contributed by atoms with van der Waals surface area (Å²) in [6.07, 6.45) is 8.72. The first-order valence-corrected chi connectivity index (χ1v) is 3.11. The Balaban J connectivity index is 0. The highest BCUT2D eigenvalue weighted by Crippen LogP contribution is 1.60. The largest absolute Gasteiger partial charge is 0.286 e. The summed E-state index contributed by atoms with van der Waals surface area (Å²) in [4.78, 5) is 0. The molecule has 0 saturated heterocycles.